The first kappa shape index (κ1) is 19.5. The Kier molecular flexibility index (Phi) is 6.13. The molecule has 3 rings (SSSR count). The van der Waals surface area contributed by atoms with Crippen LogP contribution in [0.1, 0.15) is 65.4 Å². The molecule has 1 fully saturated rings. The average Bonchev–Trinajstić information content (AvgIpc) is 3.04. The minimum atomic E-state index is 0.0204. The van der Waals surface area contributed by atoms with Gasteiger partial charge in [0, 0.05) is 18.6 Å². The molecule has 0 spiro atoms. The highest BCUT2D eigenvalue weighted by Crippen LogP contribution is 2.45. The first-order valence-electron chi connectivity index (χ1n) is 10.2. The molecule has 1 aromatic rings. The molecule has 2 heterocycles. The second kappa shape index (κ2) is 8.18. The molecule has 2 aliphatic heterocycles. The molecule has 0 saturated carbocycles. The molecule has 0 aromatic heterocycles. The van der Waals surface area contributed by atoms with Gasteiger partial charge in [0.1, 0.15) is 6.54 Å². The Labute approximate surface area is 158 Å². The molecule has 2 N–H and O–H groups in total. The fraction of sp³-hybridized carbons (Fsp3) is 0.727. The standard InChI is InChI=1S/C22H35NO3/c1-17(2)7-8-22(10-12-26-21(3,4)15-22)9-11-23-14-18-5-6-19-20(13-18)25-16-24-19/h5-6,13,17,23H,7-12,14-16H2,1-4H3/p+1/t22-/m1/s1. The summed E-state index contributed by atoms with van der Waals surface area (Å²) in [5, 5.41) is 2.44. The third-order valence-corrected chi connectivity index (χ3v) is 5.87. The van der Waals surface area contributed by atoms with Crippen LogP contribution in [-0.4, -0.2) is 25.5 Å². The molecule has 0 radical (unpaired) electrons. The Morgan fingerprint density at radius 3 is 2.69 bits per heavy atom. The summed E-state index contributed by atoms with van der Waals surface area (Å²) in [5.74, 6) is 2.52. The van der Waals surface area contributed by atoms with Crippen LogP contribution in [-0.2, 0) is 11.3 Å². The van der Waals surface area contributed by atoms with Crippen molar-refractivity contribution in [2.45, 2.75) is 71.9 Å². The summed E-state index contributed by atoms with van der Waals surface area (Å²) < 4.78 is 16.9. The zero-order valence-electron chi connectivity index (χ0n) is 17.0. The third kappa shape index (κ3) is 5.14. The van der Waals surface area contributed by atoms with Gasteiger partial charge in [-0.25, -0.2) is 0 Å². The first-order chi connectivity index (χ1) is 12.4. The van der Waals surface area contributed by atoms with Crippen molar-refractivity contribution in [3.05, 3.63) is 23.8 Å². The molecule has 4 nitrogen and oxygen atoms in total. The highest BCUT2D eigenvalue weighted by molar-refractivity contribution is 5.44. The second-order valence-corrected chi connectivity index (χ2v) is 9.19. The monoisotopic (exact) mass is 362 g/mol. The maximum Gasteiger partial charge on any atom is 0.231 e. The minimum Gasteiger partial charge on any atom is -0.454 e. The maximum atomic E-state index is 6.01. The van der Waals surface area contributed by atoms with Crippen LogP contribution in [0, 0.1) is 11.3 Å². The van der Waals surface area contributed by atoms with Gasteiger partial charge in [0.2, 0.25) is 6.79 Å². The van der Waals surface area contributed by atoms with Crippen LogP contribution in [0.2, 0.25) is 0 Å². The topological polar surface area (TPSA) is 44.3 Å². The van der Waals surface area contributed by atoms with Gasteiger partial charge < -0.3 is 19.5 Å². The van der Waals surface area contributed by atoms with Gasteiger partial charge in [-0.2, -0.15) is 0 Å². The lowest BCUT2D eigenvalue weighted by atomic mass is 9.68. The van der Waals surface area contributed by atoms with E-state index in [1.807, 2.05) is 6.07 Å². The molecule has 0 amide bonds. The summed E-state index contributed by atoms with van der Waals surface area (Å²) in [6.07, 6.45) is 6.32. The molecule has 26 heavy (non-hydrogen) atoms. The van der Waals surface area contributed by atoms with Crippen LogP contribution >= 0.6 is 0 Å². The Morgan fingerprint density at radius 1 is 1.12 bits per heavy atom. The van der Waals surface area contributed by atoms with Gasteiger partial charge >= 0.3 is 0 Å². The predicted octanol–water partition coefficient (Wildman–Crippen LogP) is 3.88. The molecule has 0 unspecified atom stereocenters. The van der Waals surface area contributed by atoms with Crippen molar-refractivity contribution in [1.82, 2.24) is 0 Å². The van der Waals surface area contributed by atoms with E-state index in [-0.39, 0.29) is 5.60 Å². The van der Waals surface area contributed by atoms with E-state index in [1.54, 1.807) is 0 Å². The minimum absolute atomic E-state index is 0.0204. The lowest BCUT2D eigenvalue weighted by molar-refractivity contribution is -0.672. The van der Waals surface area contributed by atoms with Crippen molar-refractivity contribution >= 4 is 0 Å². The van der Waals surface area contributed by atoms with Crippen molar-refractivity contribution in [1.29, 1.82) is 0 Å². The van der Waals surface area contributed by atoms with Crippen molar-refractivity contribution < 1.29 is 19.5 Å². The molecule has 0 aliphatic carbocycles. The van der Waals surface area contributed by atoms with Gasteiger partial charge in [0.05, 0.1) is 12.1 Å². The highest BCUT2D eigenvalue weighted by atomic mass is 16.7. The predicted molar refractivity (Wildman–Crippen MR) is 103 cm³/mol. The van der Waals surface area contributed by atoms with E-state index in [1.165, 1.54) is 44.2 Å². The fourth-order valence-electron chi connectivity index (χ4n) is 4.48. The van der Waals surface area contributed by atoms with Crippen LogP contribution < -0.4 is 14.8 Å². The van der Waals surface area contributed by atoms with Gasteiger partial charge in [0.15, 0.2) is 11.5 Å². The summed E-state index contributed by atoms with van der Waals surface area (Å²) in [7, 11) is 0. The quantitative estimate of drug-likeness (QED) is 0.714. The first-order valence-corrected chi connectivity index (χ1v) is 10.2. The number of rotatable bonds is 8. The van der Waals surface area contributed by atoms with E-state index >= 15 is 0 Å². The van der Waals surface area contributed by atoms with E-state index in [4.69, 9.17) is 14.2 Å². The van der Waals surface area contributed by atoms with E-state index in [0.717, 1.165) is 30.6 Å². The lowest BCUT2D eigenvalue weighted by Gasteiger charge is -2.45. The smallest absolute Gasteiger partial charge is 0.231 e. The van der Waals surface area contributed by atoms with Crippen LogP contribution in [0.3, 0.4) is 0 Å². The summed E-state index contributed by atoms with van der Waals surface area (Å²) in [6.45, 7) is 12.6. The van der Waals surface area contributed by atoms with Crippen LogP contribution in [0.5, 0.6) is 11.5 Å². The lowest BCUT2D eigenvalue weighted by Crippen LogP contribution is -2.83. The Morgan fingerprint density at radius 2 is 1.92 bits per heavy atom. The average molecular weight is 363 g/mol. The van der Waals surface area contributed by atoms with Crippen LogP contribution in [0.25, 0.3) is 0 Å². The Bertz CT molecular complexity index is 599. The second-order valence-electron chi connectivity index (χ2n) is 9.19. The zero-order valence-corrected chi connectivity index (χ0v) is 17.0. The molecular weight excluding hydrogens is 326 g/mol. The molecular formula is C22H36NO3+. The summed E-state index contributed by atoms with van der Waals surface area (Å²) in [4.78, 5) is 0. The zero-order chi connectivity index (χ0) is 18.6. The van der Waals surface area contributed by atoms with Crippen molar-refractivity contribution in [3.8, 4) is 11.5 Å². The Hall–Kier alpha value is -1.26. The van der Waals surface area contributed by atoms with Crippen LogP contribution in [0.15, 0.2) is 18.2 Å². The van der Waals surface area contributed by atoms with Gasteiger partial charge in [-0.3, -0.25) is 0 Å². The van der Waals surface area contributed by atoms with Gasteiger partial charge in [0.25, 0.3) is 0 Å². The van der Waals surface area contributed by atoms with Gasteiger partial charge in [-0.1, -0.05) is 20.3 Å². The summed E-state index contributed by atoms with van der Waals surface area (Å²) >= 11 is 0. The number of quaternary nitrogens is 1. The van der Waals surface area contributed by atoms with Gasteiger partial charge in [-0.05, 0) is 62.6 Å². The number of benzene rings is 1. The third-order valence-electron chi connectivity index (χ3n) is 5.87. The van der Waals surface area contributed by atoms with Gasteiger partial charge in [-0.15, -0.1) is 0 Å². The van der Waals surface area contributed by atoms with E-state index < -0.39 is 0 Å². The number of fused-ring (bicyclic) bond motifs is 1. The number of nitrogens with two attached hydrogens (primary N) is 1. The van der Waals surface area contributed by atoms with E-state index in [0.29, 0.717) is 12.2 Å². The summed E-state index contributed by atoms with van der Waals surface area (Å²) in [5.41, 5.74) is 1.77. The fourth-order valence-corrected chi connectivity index (χ4v) is 4.48. The number of hydrogen-bond acceptors (Lipinski definition) is 3. The van der Waals surface area contributed by atoms with Crippen LogP contribution in [0.4, 0.5) is 0 Å². The maximum absolute atomic E-state index is 6.01. The molecule has 1 aromatic carbocycles. The molecule has 1 saturated heterocycles. The van der Waals surface area contributed by atoms with Crippen molar-refractivity contribution in [2.75, 3.05) is 19.9 Å². The molecule has 2 aliphatic rings. The van der Waals surface area contributed by atoms with Crippen molar-refractivity contribution in [3.63, 3.8) is 0 Å². The summed E-state index contributed by atoms with van der Waals surface area (Å²) in [6, 6.07) is 6.29. The molecule has 4 heteroatoms. The van der Waals surface area contributed by atoms with Crippen molar-refractivity contribution in [2.24, 2.45) is 11.3 Å². The molecule has 146 valence electrons. The largest absolute Gasteiger partial charge is 0.454 e. The number of hydrogen-bond donors (Lipinski definition) is 1. The SMILES string of the molecule is CC(C)CC[C@@]1(CC[NH2+]Cc2ccc3c(c2)OCO3)CCOC(C)(C)C1. The van der Waals surface area contributed by atoms with E-state index in [9.17, 15) is 0 Å². The molecule has 1 atom stereocenters. The van der Waals surface area contributed by atoms with E-state index in [2.05, 4.69) is 45.1 Å². The Balaban J connectivity index is 1.52. The normalized spacial score (nSPS) is 24.2. The molecule has 0 bridgehead atoms. The number of ether oxygens (including phenoxy) is 3. The highest BCUT2D eigenvalue weighted by Gasteiger charge is 2.40.